The highest BCUT2D eigenvalue weighted by Gasteiger charge is 2.43. The quantitative estimate of drug-likeness (QED) is 0.438. The first-order valence-electron chi connectivity index (χ1n) is 10.0. The molecule has 10 heteroatoms. The van der Waals surface area contributed by atoms with Gasteiger partial charge >= 0.3 is 5.97 Å². The lowest BCUT2D eigenvalue weighted by Gasteiger charge is -2.32. The number of hydrogen-bond acceptors (Lipinski definition) is 7. The molecular weight excluding hydrogens is 382 g/mol. The van der Waals surface area contributed by atoms with Gasteiger partial charge in [0.25, 0.3) is 0 Å². The molecule has 0 radical (unpaired) electrons. The molecule has 2 saturated heterocycles. The zero-order valence-corrected chi connectivity index (χ0v) is 17.2. The van der Waals surface area contributed by atoms with Crippen molar-refractivity contribution in [3.8, 4) is 0 Å². The van der Waals surface area contributed by atoms with Gasteiger partial charge in [-0.3, -0.25) is 14.4 Å². The van der Waals surface area contributed by atoms with E-state index in [-0.39, 0.29) is 18.4 Å². The number of methoxy groups -OCH3 is 1. The number of carbonyl (C=O) groups is 4. The van der Waals surface area contributed by atoms with Crippen LogP contribution in [0.2, 0.25) is 0 Å². The number of hydrogen-bond donors (Lipinski definition) is 3. The lowest BCUT2D eigenvalue weighted by molar-refractivity contribution is -0.151. The standard InChI is InChI=1S/C19H31N3O7/c1-11(10-23)17(26)22-9-5-7-14(22)18(27)21-8-4-6-13(21)16(25)20-15(12(2)24)19(28)29-3/h11-15,23-24H,4-10H2,1-3H3,(H,20,25)/t11-,12+,13-,14-,15-/m0/s1. The summed E-state index contributed by atoms with van der Waals surface area (Å²) in [5.41, 5.74) is 0. The molecule has 3 amide bonds. The zero-order valence-electron chi connectivity index (χ0n) is 17.2. The Morgan fingerprint density at radius 2 is 1.66 bits per heavy atom. The largest absolute Gasteiger partial charge is 0.467 e. The Labute approximate surface area is 170 Å². The fourth-order valence-corrected chi connectivity index (χ4v) is 3.90. The first-order valence-corrected chi connectivity index (χ1v) is 10.0. The molecule has 0 saturated carbocycles. The monoisotopic (exact) mass is 413 g/mol. The molecule has 29 heavy (non-hydrogen) atoms. The van der Waals surface area contributed by atoms with Crippen LogP contribution < -0.4 is 5.32 Å². The third-order valence-electron chi connectivity index (χ3n) is 5.59. The fraction of sp³-hybridized carbons (Fsp3) is 0.789. The molecule has 0 bridgehead atoms. The second-order valence-corrected chi connectivity index (χ2v) is 7.71. The molecule has 2 aliphatic heterocycles. The van der Waals surface area contributed by atoms with Gasteiger partial charge in [0.2, 0.25) is 17.7 Å². The summed E-state index contributed by atoms with van der Waals surface area (Å²) in [4.78, 5) is 53.1. The van der Waals surface area contributed by atoms with E-state index in [1.807, 2.05) is 0 Å². The Bertz CT molecular complexity index is 639. The number of nitrogens with one attached hydrogen (secondary N) is 1. The van der Waals surface area contributed by atoms with E-state index < -0.39 is 42.0 Å². The summed E-state index contributed by atoms with van der Waals surface area (Å²) in [6, 6.07) is -2.65. The summed E-state index contributed by atoms with van der Waals surface area (Å²) in [7, 11) is 1.16. The van der Waals surface area contributed by atoms with Crippen LogP contribution in [0.15, 0.2) is 0 Å². The Hall–Kier alpha value is -2.20. The van der Waals surface area contributed by atoms with Crippen molar-refractivity contribution in [1.82, 2.24) is 15.1 Å². The summed E-state index contributed by atoms with van der Waals surface area (Å²) in [6.45, 7) is 3.50. The maximum Gasteiger partial charge on any atom is 0.331 e. The van der Waals surface area contributed by atoms with Crippen LogP contribution in [-0.4, -0.2) is 94.7 Å². The van der Waals surface area contributed by atoms with Crippen molar-refractivity contribution in [2.24, 2.45) is 5.92 Å². The third kappa shape index (κ3) is 5.05. The van der Waals surface area contributed by atoms with Gasteiger partial charge in [0.1, 0.15) is 12.1 Å². The summed E-state index contributed by atoms with van der Waals surface area (Å²) in [6.07, 6.45) is 1.08. The molecule has 0 aromatic heterocycles. The second kappa shape index (κ2) is 10.0. The zero-order chi connectivity index (χ0) is 21.7. The summed E-state index contributed by atoms with van der Waals surface area (Å²) >= 11 is 0. The number of aliphatic hydroxyl groups excluding tert-OH is 2. The summed E-state index contributed by atoms with van der Waals surface area (Å²) in [5.74, 6) is -2.47. The molecule has 0 aromatic rings. The molecule has 2 aliphatic rings. The highest BCUT2D eigenvalue weighted by molar-refractivity contribution is 5.94. The molecule has 2 fully saturated rings. The maximum atomic E-state index is 13.1. The first kappa shape index (κ1) is 23.1. The summed E-state index contributed by atoms with van der Waals surface area (Å²) in [5, 5.41) is 21.5. The lowest BCUT2D eigenvalue weighted by atomic mass is 10.1. The van der Waals surface area contributed by atoms with Gasteiger partial charge in [-0.2, -0.15) is 0 Å². The van der Waals surface area contributed by atoms with E-state index in [2.05, 4.69) is 10.1 Å². The van der Waals surface area contributed by atoms with Crippen molar-refractivity contribution in [3.05, 3.63) is 0 Å². The minimum Gasteiger partial charge on any atom is -0.467 e. The molecule has 164 valence electrons. The molecular formula is C19H31N3O7. The van der Waals surface area contributed by atoms with Gasteiger partial charge in [-0.1, -0.05) is 6.92 Å². The smallest absolute Gasteiger partial charge is 0.331 e. The molecule has 3 N–H and O–H groups in total. The second-order valence-electron chi connectivity index (χ2n) is 7.71. The van der Waals surface area contributed by atoms with Gasteiger partial charge in [-0.15, -0.1) is 0 Å². The normalized spacial score (nSPS) is 24.7. The maximum absolute atomic E-state index is 13.1. The molecule has 0 unspecified atom stereocenters. The Balaban J connectivity index is 2.11. The third-order valence-corrected chi connectivity index (χ3v) is 5.59. The van der Waals surface area contributed by atoms with Crippen LogP contribution >= 0.6 is 0 Å². The van der Waals surface area contributed by atoms with Gasteiger partial charge in [0.05, 0.1) is 25.7 Å². The number of likely N-dealkylation sites (tertiary alicyclic amines) is 2. The van der Waals surface area contributed by atoms with Crippen molar-refractivity contribution < 1.29 is 34.1 Å². The van der Waals surface area contributed by atoms with Gasteiger partial charge < -0.3 is 30.1 Å². The van der Waals surface area contributed by atoms with Crippen LogP contribution in [-0.2, 0) is 23.9 Å². The average Bonchev–Trinajstić information content (AvgIpc) is 3.38. The minimum atomic E-state index is -1.22. The predicted molar refractivity (Wildman–Crippen MR) is 101 cm³/mol. The van der Waals surface area contributed by atoms with Gasteiger partial charge in [0, 0.05) is 13.1 Å². The van der Waals surface area contributed by atoms with Crippen LogP contribution in [0.3, 0.4) is 0 Å². The number of carbonyl (C=O) groups excluding carboxylic acids is 4. The topological polar surface area (TPSA) is 136 Å². The molecule has 0 aliphatic carbocycles. The predicted octanol–water partition coefficient (Wildman–Crippen LogP) is -1.36. The van der Waals surface area contributed by atoms with Gasteiger partial charge in [0.15, 0.2) is 6.04 Å². The van der Waals surface area contributed by atoms with E-state index in [0.29, 0.717) is 38.8 Å². The number of aliphatic hydroxyl groups is 2. The molecule has 10 nitrogen and oxygen atoms in total. The highest BCUT2D eigenvalue weighted by Crippen LogP contribution is 2.26. The van der Waals surface area contributed by atoms with Crippen LogP contribution in [0.25, 0.3) is 0 Å². The van der Waals surface area contributed by atoms with E-state index in [1.54, 1.807) is 6.92 Å². The van der Waals surface area contributed by atoms with Crippen LogP contribution in [0.5, 0.6) is 0 Å². The number of amides is 3. The van der Waals surface area contributed by atoms with E-state index in [0.717, 1.165) is 7.11 Å². The molecule has 5 atom stereocenters. The Morgan fingerprint density at radius 3 is 2.21 bits per heavy atom. The number of ether oxygens (including phenoxy) is 1. The fourth-order valence-electron chi connectivity index (χ4n) is 3.90. The first-order chi connectivity index (χ1) is 13.7. The van der Waals surface area contributed by atoms with Crippen molar-refractivity contribution in [1.29, 1.82) is 0 Å². The molecule has 2 heterocycles. The Morgan fingerprint density at radius 1 is 1.07 bits per heavy atom. The van der Waals surface area contributed by atoms with E-state index in [4.69, 9.17) is 0 Å². The SMILES string of the molecule is COC(=O)[C@@H](NC(=O)[C@@H]1CCCN1C(=O)[C@@H]1CCCN1C(=O)[C@@H](C)CO)[C@@H](C)O. The number of esters is 1. The van der Waals surface area contributed by atoms with E-state index >= 15 is 0 Å². The molecule has 0 spiro atoms. The van der Waals surface area contributed by atoms with Crippen molar-refractivity contribution in [3.63, 3.8) is 0 Å². The number of nitrogens with zero attached hydrogens (tertiary/aromatic N) is 2. The molecule has 2 rings (SSSR count). The average molecular weight is 413 g/mol. The van der Waals surface area contributed by atoms with E-state index in [1.165, 1.54) is 16.7 Å². The van der Waals surface area contributed by atoms with Crippen LogP contribution in [0, 0.1) is 5.92 Å². The minimum absolute atomic E-state index is 0.275. The van der Waals surface area contributed by atoms with Crippen LogP contribution in [0.1, 0.15) is 39.5 Å². The molecule has 0 aromatic carbocycles. The lowest BCUT2D eigenvalue weighted by Crippen LogP contribution is -2.57. The van der Waals surface area contributed by atoms with Gasteiger partial charge in [-0.25, -0.2) is 4.79 Å². The van der Waals surface area contributed by atoms with Crippen molar-refractivity contribution >= 4 is 23.7 Å². The highest BCUT2D eigenvalue weighted by atomic mass is 16.5. The van der Waals surface area contributed by atoms with Gasteiger partial charge in [-0.05, 0) is 32.6 Å². The van der Waals surface area contributed by atoms with E-state index in [9.17, 15) is 29.4 Å². The van der Waals surface area contributed by atoms with Crippen molar-refractivity contribution in [2.75, 3.05) is 26.8 Å². The number of rotatable bonds is 7. The summed E-state index contributed by atoms with van der Waals surface area (Å²) < 4.78 is 4.61. The Kier molecular flexibility index (Phi) is 7.97. The van der Waals surface area contributed by atoms with Crippen molar-refractivity contribution in [2.45, 2.75) is 63.8 Å². The van der Waals surface area contributed by atoms with Crippen LogP contribution in [0.4, 0.5) is 0 Å².